The Kier molecular flexibility index (Phi) is 6.31. The van der Waals surface area contributed by atoms with Gasteiger partial charge in [0.25, 0.3) is 0 Å². The molecule has 4 rings (SSSR count). The molecule has 7 heteroatoms. The van der Waals surface area contributed by atoms with Gasteiger partial charge in [-0.15, -0.1) is 0 Å². The van der Waals surface area contributed by atoms with E-state index in [9.17, 15) is 14.7 Å². The van der Waals surface area contributed by atoms with Crippen molar-refractivity contribution < 1.29 is 33.3 Å². The number of carbonyl (C=O) groups is 2. The van der Waals surface area contributed by atoms with Gasteiger partial charge in [-0.05, 0) is 74.5 Å². The van der Waals surface area contributed by atoms with E-state index in [1.807, 2.05) is 13.8 Å². The molecule has 4 aromatic rings. The summed E-state index contributed by atoms with van der Waals surface area (Å²) in [5.41, 5.74) is 0.918. The molecule has 1 N–H and O–H groups in total. The fourth-order valence-corrected chi connectivity index (χ4v) is 3.30. The molecule has 0 aliphatic carbocycles. The van der Waals surface area contributed by atoms with Crippen LogP contribution in [0.5, 0.6) is 23.0 Å². The number of fused-ring (bicyclic) bond motifs is 1. The fourth-order valence-electron chi connectivity index (χ4n) is 3.30. The zero-order chi connectivity index (χ0) is 23.4. The van der Waals surface area contributed by atoms with Gasteiger partial charge in [-0.1, -0.05) is 0 Å². The van der Waals surface area contributed by atoms with Crippen LogP contribution in [-0.4, -0.2) is 30.1 Å². The third kappa shape index (κ3) is 4.67. The molecular weight excluding hydrogens is 424 g/mol. The Labute approximate surface area is 190 Å². The van der Waals surface area contributed by atoms with Gasteiger partial charge in [-0.25, -0.2) is 4.79 Å². The maximum Gasteiger partial charge on any atom is 0.343 e. The molecule has 0 fully saturated rings. The molecule has 0 saturated heterocycles. The molecule has 0 radical (unpaired) electrons. The van der Waals surface area contributed by atoms with Crippen molar-refractivity contribution >= 4 is 22.7 Å². The van der Waals surface area contributed by atoms with Crippen molar-refractivity contribution in [1.29, 1.82) is 0 Å². The van der Waals surface area contributed by atoms with Crippen molar-refractivity contribution in [2.24, 2.45) is 0 Å². The van der Waals surface area contributed by atoms with E-state index < -0.39 is 11.8 Å². The standard InChI is InChI=1S/C26H22O7/c1-3-30-18-9-5-16(6-10-18)23(27)25-24(28)21-14-13-20(15-22(21)33-25)32-26(29)17-7-11-19(12-8-17)31-4-2/h5-15,28H,3-4H2,1-2H3. The third-order valence-electron chi connectivity index (χ3n) is 4.88. The number of hydrogen-bond acceptors (Lipinski definition) is 7. The molecule has 33 heavy (non-hydrogen) atoms. The number of ketones is 1. The van der Waals surface area contributed by atoms with E-state index in [0.717, 1.165) is 0 Å². The Bertz CT molecular complexity index is 1280. The Hall–Kier alpha value is -4.26. The first-order valence-electron chi connectivity index (χ1n) is 10.5. The minimum Gasteiger partial charge on any atom is -0.504 e. The predicted octanol–water partition coefficient (Wildman–Crippen LogP) is 5.39. The van der Waals surface area contributed by atoms with Crippen LogP contribution in [0.2, 0.25) is 0 Å². The maximum atomic E-state index is 12.8. The zero-order valence-electron chi connectivity index (χ0n) is 18.2. The van der Waals surface area contributed by atoms with Gasteiger partial charge in [0, 0.05) is 11.6 Å². The lowest BCUT2D eigenvalue weighted by molar-refractivity contribution is 0.0734. The van der Waals surface area contributed by atoms with Crippen LogP contribution in [0.15, 0.2) is 71.1 Å². The molecule has 3 aromatic carbocycles. The van der Waals surface area contributed by atoms with Gasteiger partial charge >= 0.3 is 5.97 Å². The van der Waals surface area contributed by atoms with Gasteiger partial charge < -0.3 is 23.7 Å². The minimum absolute atomic E-state index is 0.191. The molecular formula is C26H22O7. The topological polar surface area (TPSA) is 95.2 Å². The van der Waals surface area contributed by atoms with E-state index in [1.165, 1.54) is 18.2 Å². The Morgan fingerprint density at radius 3 is 1.91 bits per heavy atom. The van der Waals surface area contributed by atoms with Crippen LogP contribution in [0.3, 0.4) is 0 Å². The summed E-state index contributed by atoms with van der Waals surface area (Å²) in [6, 6.07) is 17.7. The molecule has 0 unspecified atom stereocenters. The average Bonchev–Trinajstić information content (AvgIpc) is 3.15. The molecule has 1 aromatic heterocycles. The Balaban J connectivity index is 1.54. The van der Waals surface area contributed by atoms with Gasteiger partial charge in [-0.3, -0.25) is 4.79 Å². The van der Waals surface area contributed by atoms with Crippen molar-refractivity contribution in [3.63, 3.8) is 0 Å². The summed E-state index contributed by atoms with van der Waals surface area (Å²) < 4.78 is 21.8. The summed E-state index contributed by atoms with van der Waals surface area (Å²) in [6.07, 6.45) is 0. The minimum atomic E-state index is -0.557. The van der Waals surface area contributed by atoms with E-state index in [-0.39, 0.29) is 22.8 Å². The van der Waals surface area contributed by atoms with E-state index in [2.05, 4.69) is 0 Å². The van der Waals surface area contributed by atoms with E-state index in [0.29, 0.717) is 41.2 Å². The molecule has 7 nitrogen and oxygen atoms in total. The average molecular weight is 446 g/mol. The second kappa shape index (κ2) is 9.48. The number of rotatable bonds is 8. The van der Waals surface area contributed by atoms with E-state index in [1.54, 1.807) is 48.5 Å². The quantitative estimate of drug-likeness (QED) is 0.220. The van der Waals surface area contributed by atoms with Crippen molar-refractivity contribution in [2.75, 3.05) is 13.2 Å². The van der Waals surface area contributed by atoms with Crippen LogP contribution in [0.4, 0.5) is 0 Å². The largest absolute Gasteiger partial charge is 0.504 e. The maximum absolute atomic E-state index is 12.8. The van der Waals surface area contributed by atoms with E-state index in [4.69, 9.17) is 18.6 Å². The number of aromatic hydroxyl groups is 1. The Morgan fingerprint density at radius 2 is 1.33 bits per heavy atom. The summed E-state index contributed by atoms with van der Waals surface area (Å²) in [5, 5.41) is 10.9. The molecule has 0 atom stereocenters. The molecule has 1 heterocycles. The first-order valence-corrected chi connectivity index (χ1v) is 10.5. The second-order valence-electron chi connectivity index (χ2n) is 7.07. The van der Waals surface area contributed by atoms with Gasteiger partial charge in [0.05, 0.1) is 24.2 Å². The SMILES string of the molecule is CCOc1ccc(C(=O)Oc2ccc3c(O)c(C(=O)c4ccc(OCC)cc4)oc3c2)cc1. The van der Waals surface area contributed by atoms with Crippen LogP contribution in [0, 0.1) is 0 Å². The number of ether oxygens (including phenoxy) is 3. The van der Waals surface area contributed by atoms with Crippen LogP contribution >= 0.6 is 0 Å². The van der Waals surface area contributed by atoms with Crippen molar-refractivity contribution in [3.8, 4) is 23.0 Å². The van der Waals surface area contributed by atoms with E-state index >= 15 is 0 Å². The number of benzene rings is 3. The lowest BCUT2D eigenvalue weighted by atomic mass is 10.1. The monoisotopic (exact) mass is 446 g/mol. The highest BCUT2D eigenvalue weighted by atomic mass is 16.5. The van der Waals surface area contributed by atoms with Crippen molar-refractivity contribution in [3.05, 3.63) is 83.6 Å². The highest BCUT2D eigenvalue weighted by Crippen LogP contribution is 2.35. The third-order valence-corrected chi connectivity index (χ3v) is 4.88. The van der Waals surface area contributed by atoms with Crippen LogP contribution in [-0.2, 0) is 0 Å². The highest BCUT2D eigenvalue weighted by molar-refractivity contribution is 6.12. The molecule has 0 aliphatic rings. The number of hydrogen-bond donors (Lipinski definition) is 1. The number of carbonyl (C=O) groups excluding carboxylic acids is 2. The molecule has 0 spiro atoms. The molecule has 0 bridgehead atoms. The predicted molar refractivity (Wildman–Crippen MR) is 121 cm³/mol. The van der Waals surface area contributed by atoms with Crippen LogP contribution in [0.25, 0.3) is 11.0 Å². The highest BCUT2D eigenvalue weighted by Gasteiger charge is 2.22. The lowest BCUT2D eigenvalue weighted by Crippen LogP contribution is -2.08. The molecule has 0 aliphatic heterocycles. The lowest BCUT2D eigenvalue weighted by Gasteiger charge is -2.06. The van der Waals surface area contributed by atoms with Gasteiger partial charge in [0.1, 0.15) is 22.8 Å². The Morgan fingerprint density at radius 1 is 0.788 bits per heavy atom. The second-order valence-corrected chi connectivity index (χ2v) is 7.07. The molecule has 168 valence electrons. The summed E-state index contributed by atoms with van der Waals surface area (Å²) in [5.74, 6) is 0.0271. The van der Waals surface area contributed by atoms with Crippen LogP contribution in [0.1, 0.15) is 40.3 Å². The normalized spacial score (nSPS) is 10.7. The summed E-state index contributed by atoms with van der Waals surface area (Å²) >= 11 is 0. The summed E-state index contributed by atoms with van der Waals surface area (Å²) in [7, 11) is 0. The van der Waals surface area contributed by atoms with Gasteiger partial charge in [0.2, 0.25) is 11.5 Å². The summed E-state index contributed by atoms with van der Waals surface area (Å²) in [6.45, 7) is 4.79. The van der Waals surface area contributed by atoms with Crippen LogP contribution < -0.4 is 14.2 Å². The molecule has 0 amide bonds. The zero-order valence-corrected chi connectivity index (χ0v) is 18.2. The number of esters is 1. The first-order chi connectivity index (χ1) is 16.0. The van der Waals surface area contributed by atoms with Crippen molar-refractivity contribution in [1.82, 2.24) is 0 Å². The van der Waals surface area contributed by atoms with Gasteiger partial charge in [-0.2, -0.15) is 0 Å². The van der Waals surface area contributed by atoms with Gasteiger partial charge in [0.15, 0.2) is 5.75 Å². The molecule has 0 saturated carbocycles. The van der Waals surface area contributed by atoms with Crippen molar-refractivity contribution in [2.45, 2.75) is 13.8 Å². The first kappa shape index (κ1) is 22.0. The fraction of sp³-hybridized carbons (Fsp3) is 0.154. The number of furan rings is 1. The smallest absolute Gasteiger partial charge is 0.343 e. The summed E-state index contributed by atoms with van der Waals surface area (Å²) in [4.78, 5) is 25.3.